The van der Waals surface area contributed by atoms with Crippen LogP contribution in [0.5, 0.6) is 11.5 Å². The molecule has 0 saturated heterocycles. The van der Waals surface area contributed by atoms with Gasteiger partial charge < -0.3 is 14.8 Å². The molecule has 0 radical (unpaired) electrons. The highest BCUT2D eigenvalue weighted by Crippen LogP contribution is 2.35. The van der Waals surface area contributed by atoms with Gasteiger partial charge in [-0.2, -0.15) is 5.10 Å². The van der Waals surface area contributed by atoms with Gasteiger partial charge in [-0.15, -0.1) is 12.4 Å². The van der Waals surface area contributed by atoms with Crippen molar-refractivity contribution in [2.75, 3.05) is 19.0 Å². The van der Waals surface area contributed by atoms with Crippen molar-refractivity contribution in [1.29, 1.82) is 0 Å². The van der Waals surface area contributed by atoms with Crippen LogP contribution in [-0.2, 0) is 6.54 Å². The summed E-state index contributed by atoms with van der Waals surface area (Å²) in [6, 6.07) is 7.92. The molecule has 0 aliphatic carbocycles. The van der Waals surface area contributed by atoms with Crippen LogP contribution < -0.4 is 14.8 Å². The molecule has 0 fully saturated rings. The average molecular weight is 465 g/mol. The van der Waals surface area contributed by atoms with Crippen LogP contribution in [0.15, 0.2) is 49.3 Å². The van der Waals surface area contributed by atoms with Gasteiger partial charge in [0.15, 0.2) is 11.5 Å². The smallest absolute Gasteiger partial charge is 0.163 e. The second-order valence-electron chi connectivity index (χ2n) is 6.35. The van der Waals surface area contributed by atoms with Gasteiger partial charge in [-0.1, -0.05) is 11.6 Å². The lowest BCUT2D eigenvalue weighted by Crippen LogP contribution is -2.06. The number of hydrogen-bond donors (Lipinski definition) is 1. The topological polar surface area (TPSA) is 87.0 Å². The summed E-state index contributed by atoms with van der Waals surface area (Å²) in [5, 5.41) is 8.03. The molecule has 0 amide bonds. The number of fused-ring (bicyclic) bond motifs is 1. The molecular weight excluding hydrogens is 446 g/mol. The van der Waals surface area contributed by atoms with E-state index >= 15 is 0 Å². The van der Waals surface area contributed by atoms with Crippen molar-refractivity contribution >= 4 is 46.4 Å². The molecule has 0 bridgehead atoms. The zero-order valence-corrected chi connectivity index (χ0v) is 18.0. The third-order valence-corrected chi connectivity index (χ3v) is 4.60. The number of rotatable bonds is 8. The molecule has 31 heavy (non-hydrogen) atoms. The van der Waals surface area contributed by atoms with Crippen LogP contribution >= 0.6 is 24.0 Å². The summed E-state index contributed by atoms with van der Waals surface area (Å²) in [5.41, 5.74) is 0.890. The first-order valence-corrected chi connectivity index (χ1v) is 9.52. The molecule has 0 aliphatic rings. The molecule has 4 aromatic rings. The minimum absolute atomic E-state index is 0. The fourth-order valence-corrected chi connectivity index (χ4v) is 3.07. The molecule has 162 valence electrons. The maximum atomic E-state index is 14.2. The Morgan fingerprint density at radius 1 is 1.13 bits per heavy atom. The number of anilines is 2. The van der Waals surface area contributed by atoms with Gasteiger partial charge in [0.25, 0.3) is 0 Å². The molecule has 2 aromatic heterocycles. The Hall–Kier alpha value is -3.17. The standard InChI is InChI=1S/C20H18ClFN6O2.ClH/c1-29-18-8-14-17(9-19(18)30-6-2-5-28-12-23-10-26-28)24-11-25-20(14)27-16-4-3-13(21)7-15(16)22;/h3-4,7-12H,2,5-6H2,1H3,(H,24,25,27);1H. The molecular formula is C20H19Cl2FN6O2. The maximum Gasteiger partial charge on any atom is 0.163 e. The molecule has 1 N–H and O–H groups in total. The van der Waals surface area contributed by atoms with E-state index in [4.69, 9.17) is 21.1 Å². The average Bonchev–Trinajstić information content (AvgIpc) is 3.26. The van der Waals surface area contributed by atoms with Crippen molar-refractivity contribution in [1.82, 2.24) is 24.7 Å². The molecule has 11 heteroatoms. The van der Waals surface area contributed by atoms with Crippen LogP contribution in [-0.4, -0.2) is 38.4 Å². The zero-order chi connectivity index (χ0) is 20.9. The van der Waals surface area contributed by atoms with E-state index in [9.17, 15) is 4.39 Å². The lowest BCUT2D eigenvalue weighted by Gasteiger charge is -2.14. The lowest BCUT2D eigenvalue weighted by molar-refractivity contribution is 0.281. The number of benzene rings is 2. The van der Waals surface area contributed by atoms with Gasteiger partial charge >= 0.3 is 0 Å². The fourth-order valence-electron chi connectivity index (χ4n) is 2.91. The molecule has 0 spiro atoms. The van der Waals surface area contributed by atoms with Gasteiger partial charge in [-0.3, -0.25) is 4.68 Å². The summed E-state index contributed by atoms with van der Waals surface area (Å²) in [6.45, 7) is 1.16. The number of nitrogens with zero attached hydrogens (tertiary/aromatic N) is 5. The number of methoxy groups -OCH3 is 1. The molecule has 0 saturated carbocycles. The van der Waals surface area contributed by atoms with Gasteiger partial charge in [0, 0.05) is 29.4 Å². The van der Waals surface area contributed by atoms with Crippen LogP contribution in [0.4, 0.5) is 15.9 Å². The number of aromatic nitrogens is 5. The second-order valence-corrected chi connectivity index (χ2v) is 6.79. The number of ether oxygens (including phenoxy) is 2. The van der Waals surface area contributed by atoms with E-state index in [-0.39, 0.29) is 18.1 Å². The van der Waals surface area contributed by atoms with Gasteiger partial charge in [-0.05, 0) is 24.3 Å². The highest BCUT2D eigenvalue weighted by atomic mass is 35.5. The Kier molecular flexibility index (Phi) is 7.43. The van der Waals surface area contributed by atoms with Crippen molar-refractivity contribution < 1.29 is 13.9 Å². The van der Waals surface area contributed by atoms with Crippen molar-refractivity contribution in [2.45, 2.75) is 13.0 Å². The van der Waals surface area contributed by atoms with Crippen LogP contribution in [0, 0.1) is 5.82 Å². The Morgan fingerprint density at radius 3 is 2.74 bits per heavy atom. The van der Waals surface area contributed by atoms with E-state index in [0.717, 1.165) is 6.42 Å². The van der Waals surface area contributed by atoms with E-state index in [2.05, 4.69) is 25.4 Å². The summed E-state index contributed by atoms with van der Waals surface area (Å²) in [6.07, 6.45) is 5.30. The van der Waals surface area contributed by atoms with Gasteiger partial charge in [0.1, 0.15) is 30.6 Å². The third-order valence-electron chi connectivity index (χ3n) is 4.36. The summed E-state index contributed by atoms with van der Waals surface area (Å²) < 4.78 is 27.3. The SMILES string of the molecule is COc1cc2c(Nc3ccc(Cl)cc3F)ncnc2cc1OCCCn1cncn1.Cl. The first-order chi connectivity index (χ1) is 14.6. The van der Waals surface area contributed by atoms with Crippen LogP contribution in [0.1, 0.15) is 6.42 Å². The molecule has 0 unspecified atom stereocenters. The predicted octanol–water partition coefficient (Wildman–Crippen LogP) is 4.66. The number of aryl methyl sites for hydroxylation is 1. The van der Waals surface area contributed by atoms with Gasteiger partial charge in [-0.25, -0.2) is 19.3 Å². The molecule has 0 atom stereocenters. The normalized spacial score (nSPS) is 10.5. The summed E-state index contributed by atoms with van der Waals surface area (Å²) in [5.74, 6) is 1.05. The number of halogens is 3. The van der Waals surface area contributed by atoms with Gasteiger partial charge in [0.05, 0.1) is 24.9 Å². The molecule has 0 aliphatic heterocycles. The highest BCUT2D eigenvalue weighted by molar-refractivity contribution is 6.30. The predicted molar refractivity (Wildman–Crippen MR) is 118 cm³/mol. The second kappa shape index (κ2) is 10.2. The van der Waals surface area contributed by atoms with E-state index in [1.54, 1.807) is 42.4 Å². The van der Waals surface area contributed by atoms with Crippen molar-refractivity contribution in [3.8, 4) is 11.5 Å². The first kappa shape index (κ1) is 22.5. The minimum atomic E-state index is -0.478. The largest absolute Gasteiger partial charge is 0.493 e. The minimum Gasteiger partial charge on any atom is -0.493 e. The monoisotopic (exact) mass is 464 g/mol. The highest BCUT2D eigenvalue weighted by Gasteiger charge is 2.13. The van der Waals surface area contributed by atoms with Crippen molar-refractivity contribution in [2.24, 2.45) is 0 Å². The summed E-state index contributed by atoms with van der Waals surface area (Å²) in [7, 11) is 1.55. The van der Waals surface area contributed by atoms with Gasteiger partial charge in [0.2, 0.25) is 0 Å². The lowest BCUT2D eigenvalue weighted by atomic mass is 10.2. The Balaban J connectivity index is 0.00000272. The van der Waals surface area contributed by atoms with E-state index in [1.165, 1.54) is 18.7 Å². The van der Waals surface area contributed by atoms with Crippen molar-refractivity contribution in [3.05, 3.63) is 60.2 Å². The van der Waals surface area contributed by atoms with Crippen molar-refractivity contribution in [3.63, 3.8) is 0 Å². The molecule has 2 aromatic carbocycles. The number of nitrogens with one attached hydrogen (secondary N) is 1. The third kappa shape index (κ3) is 5.31. The Morgan fingerprint density at radius 2 is 2.00 bits per heavy atom. The molecule has 2 heterocycles. The summed E-state index contributed by atoms with van der Waals surface area (Å²) in [4.78, 5) is 12.5. The van der Waals surface area contributed by atoms with E-state index in [0.29, 0.717) is 46.4 Å². The first-order valence-electron chi connectivity index (χ1n) is 9.14. The summed E-state index contributed by atoms with van der Waals surface area (Å²) >= 11 is 5.82. The molecule has 8 nitrogen and oxygen atoms in total. The maximum absolute atomic E-state index is 14.2. The van der Waals surface area contributed by atoms with Crippen LogP contribution in [0.25, 0.3) is 10.9 Å². The molecule has 4 rings (SSSR count). The number of hydrogen-bond acceptors (Lipinski definition) is 7. The quantitative estimate of drug-likeness (QED) is 0.379. The van der Waals surface area contributed by atoms with Crippen LogP contribution in [0.3, 0.4) is 0 Å². The zero-order valence-electron chi connectivity index (χ0n) is 16.5. The van der Waals surface area contributed by atoms with E-state index < -0.39 is 5.82 Å². The van der Waals surface area contributed by atoms with Crippen LogP contribution in [0.2, 0.25) is 5.02 Å². The van der Waals surface area contributed by atoms with E-state index in [1.807, 2.05) is 0 Å². The Labute approximate surface area is 188 Å². The fraction of sp³-hybridized carbons (Fsp3) is 0.200. The Bertz CT molecular complexity index is 1160.